The van der Waals surface area contributed by atoms with E-state index in [9.17, 15) is 4.79 Å². The molecule has 1 N–H and O–H groups in total. The van der Waals surface area contributed by atoms with Crippen LogP contribution in [0.3, 0.4) is 0 Å². The molecule has 0 radical (unpaired) electrons. The SMILES string of the molecule is C[C@H]1C[C@@H](CO)OC1=O. The third-order valence-corrected chi connectivity index (χ3v) is 1.51. The molecule has 1 heterocycles. The number of hydrogen-bond donors (Lipinski definition) is 1. The standard InChI is InChI=1S/C6H10O3/c1-4-2-5(3-7)9-6(4)8/h4-5,7H,2-3H2,1H3/t4-,5-/m0/s1. The number of rotatable bonds is 1. The van der Waals surface area contributed by atoms with Gasteiger partial charge in [0.15, 0.2) is 0 Å². The smallest absolute Gasteiger partial charge is 0.309 e. The Kier molecular flexibility index (Phi) is 1.71. The maximum Gasteiger partial charge on any atom is 0.309 e. The molecule has 1 fully saturated rings. The average Bonchev–Trinajstić information content (AvgIpc) is 2.13. The van der Waals surface area contributed by atoms with Gasteiger partial charge in [0.25, 0.3) is 0 Å². The minimum atomic E-state index is -0.243. The number of ether oxygens (including phenoxy) is 1. The van der Waals surface area contributed by atoms with E-state index in [4.69, 9.17) is 9.84 Å². The molecular weight excluding hydrogens is 120 g/mol. The fourth-order valence-electron chi connectivity index (χ4n) is 0.931. The van der Waals surface area contributed by atoms with E-state index in [0.717, 1.165) is 0 Å². The Morgan fingerprint density at radius 2 is 2.56 bits per heavy atom. The van der Waals surface area contributed by atoms with Gasteiger partial charge in [-0.1, -0.05) is 6.92 Å². The van der Waals surface area contributed by atoms with Crippen molar-refractivity contribution >= 4 is 5.97 Å². The van der Waals surface area contributed by atoms with Crippen LogP contribution in [0, 0.1) is 5.92 Å². The highest BCUT2D eigenvalue weighted by Gasteiger charge is 2.29. The van der Waals surface area contributed by atoms with E-state index in [1.54, 1.807) is 6.92 Å². The normalized spacial score (nSPS) is 34.7. The van der Waals surface area contributed by atoms with Crippen molar-refractivity contribution in [2.75, 3.05) is 6.61 Å². The zero-order valence-electron chi connectivity index (χ0n) is 5.33. The lowest BCUT2D eigenvalue weighted by Gasteiger charge is -2.01. The van der Waals surface area contributed by atoms with Crippen LogP contribution in [0.15, 0.2) is 0 Å². The Hall–Kier alpha value is -0.570. The lowest BCUT2D eigenvalue weighted by Crippen LogP contribution is -2.10. The van der Waals surface area contributed by atoms with Crippen LogP contribution in [-0.4, -0.2) is 23.8 Å². The number of hydrogen-bond acceptors (Lipinski definition) is 3. The minimum Gasteiger partial charge on any atom is -0.460 e. The fourth-order valence-corrected chi connectivity index (χ4v) is 0.931. The molecule has 1 rings (SSSR count). The highest BCUT2D eigenvalue weighted by atomic mass is 16.6. The number of carbonyl (C=O) groups is 1. The van der Waals surface area contributed by atoms with Crippen LogP contribution in [0.25, 0.3) is 0 Å². The Labute approximate surface area is 53.6 Å². The molecule has 0 aromatic heterocycles. The van der Waals surface area contributed by atoms with Gasteiger partial charge < -0.3 is 9.84 Å². The summed E-state index contributed by atoms with van der Waals surface area (Å²) >= 11 is 0. The van der Waals surface area contributed by atoms with Crippen molar-refractivity contribution in [2.24, 2.45) is 5.92 Å². The highest BCUT2D eigenvalue weighted by molar-refractivity contribution is 5.74. The molecule has 0 spiro atoms. The molecule has 3 heteroatoms. The summed E-state index contributed by atoms with van der Waals surface area (Å²) in [4.78, 5) is 10.6. The van der Waals surface area contributed by atoms with E-state index in [1.807, 2.05) is 0 Å². The molecule has 0 aromatic carbocycles. The Morgan fingerprint density at radius 1 is 1.89 bits per heavy atom. The Bertz CT molecular complexity index is 121. The first-order valence-corrected chi connectivity index (χ1v) is 3.05. The lowest BCUT2D eigenvalue weighted by molar-refractivity contribution is -0.145. The third-order valence-electron chi connectivity index (χ3n) is 1.51. The van der Waals surface area contributed by atoms with Crippen LogP contribution in [0.2, 0.25) is 0 Å². The van der Waals surface area contributed by atoms with Crippen molar-refractivity contribution in [1.29, 1.82) is 0 Å². The van der Waals surface area contributed by atoms with Crippen LogP contribution in [-0.2, 0) is 9.53 Å². The third kappa shape index (κ3) is 1.21. The van der Waals surface area contributed by atoms with Crippen LogP contribution < -0.4 is 0 Å². The molecule has 1 saturated heterocycles. The second-order valence-electron chi connectivity index (χ2n) is 2.38. The molecule has 3 nitrogen and oxygen atoms in total. The second-order valence-corrected chi connectivity index (χ2v) is 2.38. The van der Waals surface area contributed by atoms with Gasteiger partial charge in [0, 0.05) is 0 Å². The number of aliphatic hydroxyl groups is 1. The molecule has 1 aliphatic rings. The summed E-state index contributed by atoms with van der Waals surface area (Å²) in [7, 11) is 0. The average molecular weight is 130 g/mol. The molecule has 0 amide bonds. The number of aliphatic hydroxyl groups excluding tert-OH is 1. The van der Waals surface area contributed by atoms with E-state index >= 15 is 0 Å². The van der Waals surface area contributed by atoms with E-state index in [2.05, 4.69) is 0 Å². The number of carbonyl (C=O) groups excluding carboxylic acids is 1. The first-order valence-electron chi connectivity index (χ1n) is 3.05. The molecule has 0 saturated carbocycles. The van der Waals surface area contributed by atoms with Gasteiger partial charge in [0.1, 0.15) is 6.10 Å². The molecule has 52 valence electrons. The van der Waals surface area contributed by atoms with Gasteiger partial charge in [-0.15, -0.1) is 0 Å². The summed E-state index contributed by atoms with van der Waals surface area (Å²) in [5.74, 6) is -0.212. The maximum absolute atomic E-state index is 10.6. The van der Waals surface area contributed by atoms with Gasteiger partial charge >= 0.3 is 5.97 Å². The summed E-state index contributed by atoms with van der Waals surface area (Å²) < 4.78 is 4.73. The quantitative estimate of drug-likeness (QED) is 0.505. The zero-order valence-corrected chi connectivity index (χ0v) is 5.33. The predicted molar refractivity (Wildman–Crippen MR) is 30.7 cm³/mol. The molecular formula is C6H10O3. The van der Waals surface area contributed by atoms with Gasteiger partial charge in [0.05, 0.1) is 12.5 Å². The summed E-state index contributed by atoms with van der Waals surface area (Å²) in [6, 6.07) is 0. The molecule has 9 heavy (non-hydrogen) atoms. The van der Waals surface area contributed by atoms with Crippen LogP contribution in [0.4, 0.5) is 0 Å². The Morgan fingerprint density at radius 3 is 2.78 bits per heavy atom. The first-order chi connectivity index (χ1) is 4.24. The minimum absolute atomic E-state index is 0.0258. The van der Waals surface area contributed by atoms with E-state index < -0.39 is 0 Å². The van der Waals surface area contributed by atoms with Gasteiger partial charge in [0.2, 0.25) is 0 Å². The van der Waals surface area contributed by atoms with Crippen molar-refractivity contribution in [1.82, 2.24) is 0 Å². The van der Waals surface area contributed by atoms with Crippen molar-refractivity contribution in [3.63, 3.8) is 0 Å². The number of esters is 1. The van der Waals surface area contributed by atoms with E-state index in [0.29, 0.717) is 6.42 Å². The maximum atomic E-state index is 10.6. The largest absolute Gasteiger partial charge is 0.460 e. The van der Waals surface area contributed by atoms with Crippen LogP contribution in [0.5, 0.6) is 0 Å². The fraction of sp³-hybridized carbons (Fsp3) is 0.833. The first kappa shape index (κ1) is 6.55. The second kappa shape index (κ2) is 2.35. The van der Waals surface area contributed by atoms with Crippen LogP contribution in [0.1, 0.15) is 13.3 Å². The molecule has 2 atom stereocenters. The predicted octanol–water partition coefficient (Wildman–Crippen LogP) is -0.0697. The summed E-state index contributed by atoms with van der Waals surface area (Å²) in [6.07, 6.45) is 0.419. The molecule has 0 aliphatic carbocycles. The molecule has 0 bridgehead atoms. The van der Waals surface area contributed by atoms with Crippen molar-refractivity contribution < 1.29 is 14.6 Å². The van der Waals surface area contributed by atoms with Crippen molar-refractivity contribution in [3.05, 3.63) is 0 Å². The molecule has 0 aromatic rings. The summed E-state index contributed by atoms with van der Waals surface area (Å²) in [5.41, 5.74) is 0. The van der Waals surface area contributed by atoms with Gasteiger partial charge in [-0.05, 0) is 6.42 Å². The zero-order chi connectivity index (χ0) is 6.85. The van der Waals surface area contributed by atoms with Gasteiger partial charge in [-0.25, -0.2) is 0 Å². The van der Waals surface area contributed by atoms with Gasteiger partial charge in [-0.3, -0.25) is 4.79 Å². The summed E-state index contributed by atoms with van der Waals surface area (Å²) in [5, 5.41) is 8.52. The van der Waals surface area contributed by atoms with Gasteiger partial charge in [-0.2, -0.15) is 0 Å². The molecule has 1 aliphatic heterocycles. The molecule has 0 unspecified atom stereocenters. The van der Waals surface area contributed by atoms with E-state index in [1.165, 1.54) is 0 Å². The van der Waals surface area contributed by atoms with E-state index in [-0.39, 0.29) is 24.6 Å². The van der Waals surface area contributed by atoms with Crippen molar-refractivity contribution in [2.45, 2.75) is 19.4 Å². The highest BCUT2D eigenvalue weighted by Crippen LogP contribution is 2.19. The summed E-state index contributed by atoms with van der Waals surface area (Å²) in [6.45, 7) is 1.76. The monoisotopic (exact) mass is 130 g/mol. The van der Waals surface area contributed by atoms with Crippen molar-refractivity contribution in [3.8, 4) is 0 Å². The lowest BCUT2D eigenvalue weighted by atomic mass is 10.1. The topological polar surface area (TPSA) is 46.5 Å². The number of cyclic esters (lactones) is 1. The van der Waals surface area contributed by atoms with Crippen LogP contribution >= 0.6 is 0 Å². The Balaban J connectivity index is 2.44.